The molecule has 2 heteroatoms. The molecule has 2 saturated heterocycles. The molecule has 4 aliphatic carbocycles. The topological polar surface area (TPSA) is 12.5 Å². The standard InChI is InChI=1S/C28H43NO/c1-18-15-25-26(29(4)17-18)19(2)28(30-25)13-10-20-16-24-23(22(20)11-14-28)9-8-21-7-5-6-12-27(21,24)3/h7,10,18-19,22-26H,5-6,8-9,11-17H2,1-4H3/t18?,19-,22?,23?,24?,25?,26?,27?,28?/m1/s1. The molecule has 9 atom stereocenters. The van der Waals surface area contributed by atoms with E-state index in [0.29, 0.717) is 23.5 Å². The summed E-state index contributed by atoms with van der Waals surface area (Å²) < 4.78 is 7.04. The van der Waals surface area contributed by atoms with Crippen LogP contribution in [0.5, 0.6) is 0 Å². The summed E-state index contributed by atoms with van der Waals surface area (Å²) in [5.74, 6) is 4.13. The fourth-order valence-corrected chi connectivity index (χ4v) is 9.49. The van der Waals surface area contributed by atoms with Gasteiger partial charge in [0, 0.05) is 18.5 Å². The van der Waals surface area contributed by atoms with E-state index >= 15 is 0 Å². The van der Waals surface area contributed by atoms with Crippen molar-refractivity contribution in [3.63, 3.8) is 0 Å². The summed E-state index contributed by atoms with van der Waals surface area (Å²) >= 11 is 0. The number of ether oxygens (including phenoxy) is 1. The van der Waals surface area contributed by atoms with Gasteiger partial charge in [0.05, 0.1) is 11.7 Å². The lowest BCUT2D eigenvalue weighted by Gasteiger charge is -2.48. The molecule has 1 spiro atoms. The average molecular weight is 410 g/mol. The predicted octanol–water partition coefficient (Wildman–Crippen LogP) is 6.37. The summed E-state index contributed by atoms with van der Waals surface area (Å²) in [5, 5.41) is 0. The van der Waals surface area contributed by atoms with Gasteiger partial charge in [-0.15, -0.1) is 0 Å². The molecule has 4 fully saturated rings. The molecule has 8 unspecified atom stereocenters. The second kappa shape index (κ2) is 6.95. The van der Waals surface area contributed by atoms with Crippen molar-refractivity contribution in [3.05, 3.63) is 23.3 Å². The van der Waals surface area contributed by atoms with E-state index in [0.717, 1.165) is 23.7 Å². The van der Waals surface area contributed by atoms with Crippen LogP contribution in [-0.4, -0.2) is 36.2 Å². The van der Waals surface area contributed by atoms with Gasteiger partial charge in [-0.25, -0.2) is 0 Å². The lowest BCUT2D eigenvalue weighted by atomic mass is 9.56. The van der Waals surface area contributed by atoms with Gasteiger partial charge in [0.1, 0.15) is 0 Å². The van der Waals surface area contributed by atoms with Crippen molar-refractivity contribution in [3.8, 4) is 0 Å². The number of allylic oxidation sites excluding steroid dienone is 3. The number of likely N-dealkylation sites (N-methyl/N-ethyl adjacent to an activating group) is 1. The Bertz CT molecular complexity index is 769. The SMILES string of the molecule is CC1CC2OC3(CC=C4CC5C(CCC6=CCCCC65C)C4CC3)[C@H](C)C2N(C)C1. The van der Waals surface area contributed by atoms with Crippen LogP contribution in [0.15, 0.2) is 23.3 Å². The molecular weight excluding hydrogens is 366 g/mol. The van der Waals surface area contributed by atoms with Crippen LogP contribution >= 0.6 is 0 Å². The third kappa shape index (κ3) is 2.75. The maximum absolute atomic E-state index is 7.04. The first-order valence-corrected chi connectivity index (χ1v) is 13.2. The lowest BCUT2D eigenvalue weighted by Crippen LogP contribution is -2.49. The molecule has 6 aliphatic rings. The summed E-state index contributed by atoms with van der Waals surface area (Å²) in [4.78, 5) is 2.63. The zero-order chi connectivity index (χ0) is 20.7. The molecule has 30 heavy (non-hydrogen) atoms. The first kappa shape index (κ1) is 20.0. The fraction of sp³-hybridized carbons (Fsp3) is 0.857. The number of likely N-dealkylation sites (tertiary alicyclic amines) is 1. The second-order valence-corrected chi connectivity index (χ2v) is 12.5. The van der Waals surface area contributed by atoms with Crippen LogP contribution in [0.2, 0.25) is 0 Å². The predicted molar refractivity (Wildman–Crippen MR) is 123 cm³/mol. The van der Waals surface area contributed by atoms with Gasteiger partial charge in [-0.3, -0.25) is 0 Å². The highest BCUT2D eigenvalue weighted by molar-refractivity contribution is 5.30. The number of hydrogen-bond donors (Lipinski definition) is 0. The molecule has 0 N–H and O–H groups in total. The van der Waals surface area contributed by atoms with E-state index in [9.17, 15) is 0 Å². The molecular formula is C28H43NO. The van der Waals surface area contributed by atoms with E-state index in [-0.39, 0.29) is 5.60 Å². The molecule has 2 saturated carbocycles. The number of rotatable bonds is 0. The third-order valence-electron chi connectivity index (χ3n) is 11.0. The maximum Gasteiger partial charge on any atom is 0.0762 e. The quantitative estimate of drug-likeness (QED) is 0.431. The lowest BCUT2D eigenvalue weighted by molar-refractivity contribution is -0.0766. The molecule has 0 bridgehead atoms. The highest BCUT2D eigenvalue weighted by Gasteiger charge is 2.58. The van der Waals surface area contributed by atoms with E-state index < -0.39 is 0 Å². The van der Waals surface area contributed by atoms with Crippen LogP contribution in [-0.2, 0) is 4.74 Å². The van der Waals surface area contributed by atoms with E-state index in [2.05, 4.69) is 44.9 Å². The Morgan fingerprint density at radius 3 is 2.87 bits per heavy atom. The normalized spacial score (nSPS) is 53.3. The van der Waals surface area contributed by atoms with Crippen molar-refractivity contribution in [2.45, 2.75) is 103 Å². The molecule has 2 heterocycles. The van der Waals surface area contributed by atoms with Crippen molar-refractivity contribution < 1.29 is 4.74 Å². The maximum atomic E-state index is 7.04. The molecule has 0 aromatic carbocycles. The number of nitrogens with zero attached hydrogens (tertiary/aromatic N) is 1. The molecule has 0 radical (unpaired) electrons. The fourth-order valence-electron chi connectivity index (χ4n) is 9.49. The number of fused-ring (bicyclic) bond motifs is 6. The summed E-state index contributed by atoms with van der Waals surface area (Å²) in [6.07, 6.45) is 19.3. The van der Waals surface area contributed by atoms with Crippen LogP contribution < -0.4 is 0 Å². The van der Waals surface area contributed by atoms with E-state index in [1.54, 1.807) is 0 Å². The molecule has 0 aromatic heterocycles. The zero-order valence-corrected chi connectivity index (χ0v) is 19.8. The molecule has 2 aliphatic heterocycles. The van der Waals surface area contributed by atoms with Crippen LogP contribution in [0, 0.1) is 35.0 Å². The summed E-state index contributed by atoms with van der Waals surface area (Å²) in [5.41, 5.74) is 4.28. The molecule has 6 rings (SSSR count). The van der Waals surface area contributed by atoms with Crippen LogP contribution in [0.4, 0.5) is 0 Å². The van der Waals surface area contributed by atoms with Gasteiger partial charge in [0.25, 0.3) is 0 Å². The van der Waals surface area contributed by atoms with Gasteiger partial charge in [0.2, 0.25) is 0 Å². The Labute approximate surface area is 184 Å². The van der Waals surface area contributed by atoms with Crippen LogP contribution in [0.1, 0.15) is 85.0 Å². The first-order chi connectivity index (χ1) is 14.4. The minimum Gasteiger partial charge on any atom is -0.369 e. The van der Waals surface area contributed by atoms with Crippen molar-refractivity contribution in [1.29, 1.82) is 0 Å². The molecule has 0 amide bonds. The minimum absolute atomic E-state index is 0.106. The largest absolute Gasteiger partial charge is 0.369 e. The van der Waals surface area contributed by atoms with Gasteiger partial charge in [-0.2, -0.15) is 0 Å². The van der Waals surface area contributed by atoms with Gasteiger partial charge in [0.15, 0.2) is 0 Å². The third-order valence-corrected chi connectivity index (χ3v) is 11.0. The van der Waals surface area contributed by atoms with E-state index in [4.69, 9.17) is 4.74 Å². The van der Waals surface area contributed by atoms with Gasteiger partial charge < -0.3 is 9.64 Å². The Balaban J connectivity index is 1.26. The van der Waals surface area contributed by atoms with Crippen molar-refractivity contribution in [1.82, 2.24) is 4.90 Å². The van der Waals surface area contributed by atoms with Crippen molar-refractivity contribution in [2.75, 3.05) is 13.6 Å². The van der Waals surface area contributed by atoms with E-state index in [1.165, 1.54) is 70.8 Å². The Hall–Kier alpha value is -0.600. The van der Waals surface area contributed by atoms with Crippen LogP contribution in [0.3, 0.4) is 0 Å². The van der Waals surface area contributed by atoms with Gasteiger partial charge in [-0.1, -0.05) is 44.1 Å². The minimum atomic E-state index is 0.106. The van der Waals surface area contributed by atoms with Crippen molar-refractivity contribution in [2.24, 2.45) is 35.0 Å². The van der Waals surface area contributed by atoms with Crippen molar-refractivity contribution >= 4 is 0 Å². The highest BCUT2D eigenvalue weighted by atomic mass is 16.5. The molecule has 166 valence electrons. The van der Waals surface area contributed by atoms with E-state index in [1.807, 2.05) is 11.1 Å². The Kier molecular flexibility index (Phi) is 4.64. The average Bonchev–Trinajstić information content (AvgIpc) is 3.13. The first-order valence-electron chi connectivity index (χ1n) is 13.2. The zero-order valence-electron chi connectivity index (χ0n) is 19.8. The number of piperidine rings is 1. The van der Waals surface area contributed by atoms with Gasteiger partial charge in [-0.05, 0) is 100 Å². The number of hydrogen-bond acceptors (Lipinski definition) is 2. The summed E-state index contributed by atoms with van der Waals surface area (Å²) in [6, 6.07) is 0.633. The smallest absolute Gasteiger partial charge is 0.0762 e. The Morgan fingerprint density at radius 2 is 2.00 bits per heavy atom. The van der Waals surface area contributed by atoms with Gasteiger partial charge >= 0.3 is 0 Å². The Morgan fingerprint density at radius 1 is 1.13 bits per heavy atom. The summed E-state index contributed by atoms with van der Waals surface area (Å²) in [7, 11) is 2.35. The molecule has 2 nitrogen and oxygen atoms in total. The summed E-state index contributed by atoms with van der Waals surface area (Å²) in [6.45, 7) is 8.79. The molecule has 0 aromatic rings. The second-order valence-electron chi connectivity index (χ2n) is 12.5. The highest BCUT2D eigenvalue weighted by Crippen LogP contribution is 2.63. The monoisotopic (exact) mass is 409 g/mol. The van der Waals surface area contributed by atoms with Crippen LogP contribution in [0.25, 0.3) is 0 Å².